The fourth-order valence-corrected chi connectivity index (χ4v) is 5.59. The first kappa shape index (κ1) is 20.0. The van der Waals surface area contributed by atoms with Gasteiger partial charge in [0.15, 0.2) is 0 Å². The number of halogens is 1. The van der Waals surface area contributed by atoms with Crippen molar-refractivity contribution in [3.63, 3.8) is 0 Å². The van der Waals surface area contributed by atoms with Crippen molar-refractivity contribution in [3.8, 4) is 0 Å². The summed E-state index contributed by atoms with van der Waals surface area (Å²) in [5.74, 6) is -2.39. The molecule has 158 valence electrons. The van der Waals surface area contributed by atoms with Crippen LogP contribution < -0.4 is 15.1 Å². The minimum atomic E-state index is -1.28. The Morgan fingerprint density at radius 2 is 1.87 bits per heavy atom. The van der Waals surface area contributed by atoms with E-state index in [4.69, 9.17) is 11.6 Å². The van der Waals surface area contributed by atoms with Gasteiger partial charge in [0.05, 0.1) is 17.5 Å². The number of carbonyl (C=O) groups excluding carboxylic acids is 3. The average Bonchev–Trinajstić information content (AvgIpc) is 3.26. The van der Waals surface area contributed by atoms with E-state index >= 15 is 0 Å². The third kappa shape index (κ3) is 2.58. The molecule has 6 nitrogen and oxygen atoms in total. The smallest absolute Gasteiger partial charge is 0.253 e. The molecule has 3 aliphatic rings. The van der Waals surface area contributed by atoms with Gasteiger partial charge in [0, 0.05) is 28.9 Å². The molecule has 1 N–H and O–H groups in total. The van der Waals surface area contributed by atoms with E-state index in [-0.39, 0.29) is 23.8 Å². The van der Waals surface area contributed by atoms with E-state index < -0.39 is 17.4 Å². The van der Waals surface area contributed by atoms with Crippen molar-refractivity contribution in [1.82, 2.24) is 5.32 Å². The Bertz CT molecular complexity index is 1160. The van der Waals surface area contributed by atoms with Crippen LogP contribution in [0.15, 0.2) is 60.7 Å². The van der Waals surface area contributed by atoms with Crippen LogP contribution in [-0.4, -0.2) is 30.3 Å². The summed E-state index contributed by atoms with van der Waals surface area (Å²) in [6, 6.07) is 13.8. The molecule has 0 unspecified atom stereocenters. The van der Waals surface area contributed by atoms with Crippen LogP contribution >= 0.6 is 11.6 Å². The molecule has 3 heterocycles. The largest absolute Gasteiger partial charge is 0.306 e. The Balaban J connectivity index is 1.67. The van der Waals surface area contributed by atoms with Crippen molar-refractivity contribution >= 4 is 40.7 Å². The van der Waals surface area contributed by atoms with Crippen molar-refractivity contribution in [2.45, 2.75) is 25.4 Å². The monoisotopic (exact) mass is 435 g/mol. The summed E-state index contributed by atoms with van der Waals surface area (Å²) in [6.45, 7) is 8.02. The third-order valence-electron chi connectivity index (χ3n) is 6.51. The zero-order chi connectivity index (χ0) is 22.1. The molecule has 2 aromatic carbocycles. The molecule has 1 spiro atoms. The maximum Gasteiger partial charge on any atom is 0.253 e. The SMILES string of the molecule is C=C(C)CN1C(=O)[C@]2(N[C@@H](C)[C@H]3C(=O)N(c4cccc(Cl)c4)C(=O)[C@H]32)c2ccccc21. The van der Waals surface area contributed by atoms with E-state index in [1.54, 1.807) is 29.2 Å². The lowest BCUT2D eigenvalue weighted by Gasteiger charge is -2.30. The average molecular weight is 436 g/mol. The number of amides is 3. The summed E-state index contributed by atoms with van der Waals surface area (Å²) in [4.78, 5) is 43.9. The molecule has 31 heavy (non-hydrogen) atoms. The standard InChI is InChI=1S/C24H22ClN3O3/c1-13(2)12-27-18-10-5-4-9-17(18)24(23(27)31)20-19(14(3)26-24)21(29)28(22(20)30)16-8-6-7-15(25)11-16/h4-11,14,19-20,26H,1,12H2,2-3H3/t14-,19+,20-,24-/m0/s1. The van der Waals surface area contributed by atoms with Crippen LogP contribution in [0.1, 0.15) is 19.4 Å². The van der Waals surface area contributed by atoms with Crippen molar-refractivity contribution in [3.05, 3.63) is 71.3 Å². The van der Waals surface area contributed by atoms with E-state index in [1.807, 2.05) is 38.1 Å². The molecule has 3 aliphatic heterocycles. The van der Waals surface area contributed by atoms with Crippen LogP contribution in [0.5, 0.6) is 0 Å². The second kappa shape index (κ2) is 6.77. The van der Waals surface area contributed by atoms with E-state index in [1.165, 1.54) is 4.90 Å². The molecule has 4 atom stereocenters. The first-order chi connectivity index (χ1) is 14.8. The van der Waals surface area contributed by atoms with Crippen LogP contribution in [0.4, 0.5) is 11.4 Å². The van der Waals surface area contributed by atoms with Gasteiger partial charge in [-0.15, -0.1) is 0 Å². The minimum absolute atomic E-state index is 0.217. The summed E-state index contributed by atoms with van der Waals surface area (Å²) in [5.41, 5.74) is 1.46. The summed E-state index contributed by atoms with van der Waals surface area (Å²) in [7, 11) is 0. The summed E-state index contributed by atoms with van der Waals surface area (Å²) < 4.78 is 0. The van der Waals surface area contributed by atoms with Crippen molar-refractivity contribution in [2.24, 2.45) is 11.8 Å². The summed E-state index contributed by atoms with van der Waals surface area (Å²) in [6.07, 6.45) is 0. The molecule has 0 aromatic heterocycles. The zero-order valence-corrected chi connectivity index (χ0v) is 18.0. The van der Waals surface area contributed by atoms with Gasteiger partial charge in [0.25, 0.3) is 5.91 Å². The Labute approximate surface area is 185 Å². The van der Waals surface area contributed by atoms with Gasteiger partial charge in [-0.25, -0.2) is 4.90 Å². The van der Waals surface area contributed by atoms with Gasteiger partial charge in [0.1, 0.15) is 5.54 Å². The van der Waals surface area contributed by atoms with E-state index in [0.29, 0.717) is 17.3 Å². The lowest BCUT2D eigenvalue weighted by Crippen LogP contribution is -2.55. The molecular formula is C24H22ClN3O3. The van der Waals surface area contributed by atoms with Crippen molar-refractivity contribution in [1.29, 1.82) is 0 Å². The lowest BCUT2D eigenvalue weighted by molar-refractivity contribution is -0.132. The number of nitrogens with zero attached hydrogens (tertiary/aromatic N) is 2. The van der Waals surface area contributed by atoms with Crippen molar-refractivity contribution < 1.29 is 14.4 Å². The molecular weight excluding hydrogens is 414 g/mol. The highest BCUT2D eigenvalue weighted by Gasteiger charge is 2.71. The number of nitrogens with one attached hydrogen (secondary N) is 1. The highest BCUT2D eigenvalue weighted by Crippen LogP contribution is 2.55. The van der Waals surface area contributed by atoms with E-state index in [0.717, 1.165) is 16.8 Å². The molecule has 0 saturated carbocycles. The predicted octanol–water partition coefficient (Wildman–Crippen LogP) is 3.26. The van der Waals surface area contributed by atoms with Gasteiger partial charge in [-0.3, -0.25) is 19.7 Å². The summed E-state index contributed by atoms with van der Waals surface area (Å²) >= 11 is 6.12. The first-order valence-corrected chi connectivity index (χ1v) is 10.6. The molecule has 2 fully saturated rings. The van der Waals surface area contributed by atoms with Gasteiger partial charge in [-0.1, -0.05) is 48.0 Å². The maximum absolute atomic E-state index is 13.9. The number of benzene rings is 2. The second-order valence-electron chi connectivity index (χ2n) is 8.60. The summed E-state index contributed by atoms with van der Waals surface area (Å²) in [5, 5.41) is 3.81. The number of hydrogen-bond donors (Lipinski definition) is 1. The lowest BCUT2D eigenvalue weighted by atomic mass is 9.76. The Kier molecular flexibility index (Phi) is 4.36. The molecule has 5 rings (SSSR count). The Hall–Kier alpha value is -2.96. The van der Waals surface area contributed by atoms with E-state index in [9.17, 15) is 14.4 Å². The molecule has 0 radical (unpaired) electrons. The number of carbonyl (C=O) groups is 3. The predicted molar refractivity (Wildman–Crippen MR) is 119 cm³/mol. The number of fused-ring (bicyclic) bond motifs is 4. The fraction of sp³-hybridized carbons (Fsp3) is 0.292. The Morgan fingerprint density at radius 1 is 1.13 bits per heavy atom. The molecule has 3 amide bonds. The normalized spacial score (nSPS) is 29.1. The highest BCUT2D eigenvalue weighted by atomic mass is 35.5. The number of para-hydroxylation sites is 1. The molecule has 7 heteroatoms. The number of hydrogen-bond acceptors (Lipinski definition) is 4. The quantitative estimate of drug-likeness (QED) is 0.593. The van der Waals surface area contributed by atoms with Crippen LogP contribution in [0.25, 0.3) is 0 Å². The zero-order valence-electron chi connectivity index (χ0n) is 17.3. The van der Waals surface area contributed by atoms with Gasteiger partial charge in [-0.05, 0) is 38.1 Å². The highest BCUT2D eigenvalue weighted by molar-refractivity contribution is 6.31. The molecule has 0 bridgehead atoms. The van der Waals surface area contributed by atoms with Crippen LogP contribution in [0.2, 0.25) is 5.02 Å². The molecule has 0 aliphatic carbocycles. The third-order valence-corrected chi connectivity index (χ3v) is 6.74. The first-order valence-electron chi connectivity index (χ1n) is 10.2. The van der Waals surface area contributed by atoms with Gasteiger partial charge >= 0.3 is 0 Å². The molecule has 2 aromatic rings. The van der Waals surface area contributed by atoms with Gasteiger partial charge < -0.3 is 4.90 Å². The maximum atomic E-state index is 13.9. The molecule has 2 saturated heterocycles. The number of rotatable bonds is 3. The topological polar surface area (TPSA) is 69.7 Å². The van der Waals surface area contributed by atoms with Gasteiger partial charge in [-0.2, -0.15) is 0 Å². The van der Waals surface area contributed by atoms with E-state index in [2.05, 4.69) is 11.9 Å². The van der Waals surface area contributed by atoms with Crippen LogP contribution in [0.3, 0.4) is 0 Å². The van der Waals surface area contributed by atoms with Crippen molar-refractivity contribution in [2.75, 3.05) is 16.3 Å². The van der Waals surface area contributed by atoms with Crippen LogP contribution in [-0.2, 0) is 19.9 Å². The van der Waals surface area contributed by atoms with Gasteiger partial charge in [0.2, 0.25) is 11.8 Å². The fourth-order valence-electron chi connectivity index (χ4n) is 5.41. The second-order valence-corrected chi connectivity index (χ2v) is 9.04. The Morgan fingerprint density at radius 3 is 2.58 bits per heavy atom. The van der Waals surface area contributed by atoms with Crippen LogP contribution in [0, 0.1) is 11.8 Å². The minimum Gasteiger partial charge on any atom is -0.306 e. The number of anilines is 2. The number of imide groups is 1.